The van der Waals surface area contributed by atoms with Gasteiger partial charge in [-0.05, 0) is 28.1 Å². The number of amides is 1. The smallest absolute Gasteiger partial charge is 0.328 e. The predicted molar refractivity (Wildman–Crippen MR) is 70.4 cm³/mol. The van der Waals surface area contributed by atoms with Crippen LogP contribution in [-0.4, -0.2) is 30.6 Å². The van der Waals surface area contributed by atoms with Crippen molar-refractivity contribution in [2.24, 2.45) is 0 Å². The third kappa shape index (κ3) is 4.21. The molecule has 0 atom stereocenters. The number of benzene rings is 1. The van der Waals surface area contributed by atoms with Crippen molar-refractivity contribution < 1.29 is 19.4 Å². The number of likely N-dealkylation sites (N-methyl/N-ethyl adjacent to an activating group) is 1. The number of hydrogen-bond acceptors (Lipinski definition) is 3. The van der Waals surface area contributed by atoms with E-state index in [-0.39, 0.29) is 12.5 Å². The molecule has 0 heterocycles. The molecule has 0 unspecified atom stereocenters. The van der Waals surface area contributed by atoms with E-state index in [1.807, 2.05) is 0 Å². The van der Waals surface area contributed by atoms with Crippen LogP contribution >= 0.6 is 15.9 Å². The molecule has 18 heavy (non-hydrogen) atoms. The van der Waals surface area contributed by atoms with Crippen LogP contribution in [0.5, 0.6) is 5.75 Å². The van der Waals surface area contributed by atoms with E-state index < -0.39 is 5.97 Å². The van der Waals surface area contributed by atoms with Gasteiger partial charge in [-0.3, -0.25) is 4.79 Å². The first-order chi connectivity index (χ1) is 8.54. The first-order valence-electron chi connectivity index (χ1n) is 5.07. The Kier molecular flexibility index (Phi) is 5.38. The van der Waals surface area contributed by atoms with Gasteiger partial charge in [-0.15, -0.1) is 0 Å². The Morgan fingerprint density at radius 1 is 1.50 bits per heavy atom. The minimum atomic E-state index is -1.05. The summed E-state index contributed by atoms with van der Waals surface area (Å²) in [4.78, 5) is 21.6. The Morgan fingerprint density at radius 3 is 2.83 bits per heavy atom. The van der Waals surface area contributed by atoms with E-state index in [2.05, 4.69) is 21.2 Å². The summed E-state index contributed by atoms with van der Waals surface area (Å²) < 4.78 is 6.00. The molecule has 0 fully saturated rings. The highest BCUT2D eigenvalue weighted by Crippen LogP contribution is 2.29. The number of halogens is 1. The fraction of sp³-hybridized carbons (Fsp3) is 0.167. The third-order valence-corrected chi connectivity index (χ3v) is 2.65. The largest absolute Gasteiger partial charge is 0.482 e. The van der Waals surface area contributed by atoms with E-state index in [1.54, 1.807) is 18.2 Å². The van der Waals surface area contributed by atoms with Gasteiger partial charge in [0, 0.05) is 18.7 Å². The van der Waals surface area contributed by atoms with Crippen molar-refractivity contribution in [3.05, 3.63) is 34.3 Å². The van der Waals surface area contributed by atoms with Gasteiger partial charge >= 0.3 is 5.97 Å². The van der Waals surface area contributed by atoms with E-state index in [0.29, 0.717) is 15.8 Å². The van der Waals surface area contributed by atoms with Crippen molar-refractivity contribution in [2.75, 3.05) is 13.7 Å². The lowest BCUT2D eigenvalue weighted by Crippen LogP contribution is -2.25. The summed E-state index contributed by atoms with van der Waals surface area (Å²) in [5, 5.41) is 11.0. The van der Waals surface area contributed by atoms with E-state index in [9.17, 15) is 9.59 Å². The molecule has 0 bridgehead atoms. The summed E-state index contributed by atoms with van der Waals surface area (Å²) in [5.74, 6) is -0.884. The van der Waals surface area contributed by atoms with Crippen LogP contribution in [0, 0.1) is 0 Å². The summed E-state index contributed by atoms with van der Waals surface area (Å²) in [5.41, 5.74) is 0.579. The first kappa shape index (κ1) is 14.2. The standard InChI is InChI=1S/C12H12BrNO4/c1-14-10(15)7-18-12-8(5-6-11(16)17)3-2-4-9(12)13/h2-6H,7H2,1H3,(H,14,15)(H,16,17). The molecule has 2 N–H and O–H groups in total. The lowest BCUT2D eigenvalue weighted by atomic mass is 10.2. The van der Waals surface area contributed by atoms with Crippen molar-refractivity contribution in [3.63, 3.8) is 0 Å². The zero-order valence-electron chi connectivity index (χ0n) is 9.64. The molecule has 0 aliphatic carbocycles. The lowest BCUT2D eigenvalue weighted by molar-refractivity contribution is -0.131. The maximum Gasteiger partial charge on any atom is 0.328 e. The van der Waals surface area contributed by atoms with Crippen LogP contribution in [-0.2, 0) is 9.59 Å². The normalized spacial score (nSPS) is 10.3. The number of hydrogen-bond donors (Lipinski definition) is 2. The first-order valence-corrected chi connectivity index (χ1v) is 5.86. The summed E-state index contributed by atoms with van der Waals surface area (Å²) >= 11 is 3.29. The van der Waals surface area contributed by atoms with Gasteiger partial charge < -0.3 is 15.2 Å². The lowest BCUT2D eigenvalue weighted by Gasteiger charge is -2.10. The Labute approximate surface area is 113 Å². The van der Waals surface area contributed by atoms with E-state index in [1.165, 1.54) is 13.1 Å². The fourth-order valence-corrected chi connectivity index (χ4v) is 1.68. The summed E-state index contributed by atoms with van der Waals surface area (Å²) in [6, 6.07) is 5.19. The molecule has 0 aliphatic heterocycles. The molecule has 0 aliphatic rings. The van der Waals surface area contributed by atoms with Crippen LogP contribution in [0.1, 0.15) is 5.56 Å². The number of carbonyl (C=O) groups excluding carboxylic acids is 1. The molecule has 5 nitrogen and oxygen atoms in total. The Balaban J connectivity index is 2.93. The molecule has 0 spiro atoms. The molecule has 0 saturated carbocycles. The highest BCUT2D eigenvalue weighted by molar-refractivity contribution is 9.10. The van der Waals surface area contributed by atoms with Crippen molar-refractivity contribution in [1.82, 2.24) is 5.32 Å². The second-order valence-electron chi connectivity index (χ2n) is 3.29. The zero-order chi connectivity index (χ0) is 13.5. The molecule has 1 rings (SSSR count). The maximum absolute atomic E-state index is 11.1. The summed E-state index contributed by atoms with van der Waals surface area (Å²) in [6.07, 6.45) is 2.42. The van der Waals surface area contributed by atoms with Gasteiger partial charge in [0.15, 0.2) is 6.61 Å². The minimum absolute atomic E-state index is 0.132. The van der Waals surface area contributed by atoms with Crippen LogP contribution in [0.3, 0.4) is 0 Å². The molecular weight excluding hydrogens is 302 g/mol. The molecule has 0 radical (unpaired) electrons. The highest BCUT2D eigenvalue weighted by atomic mass is 79.9. The number of carboxylic acids is 1. The number of nitrogens with one attached hydrogen (secondary N) is 1. The van der Waals surface area contributed by atoms with Crippen LogP contribution in [0.25, 0.3) is 6.08 Å². The topological polar surface area (TPSA) is 75.6 Å². The van der Waals surface area contributed by atoms with Crippen molar-refractivity contribution >= 4 is 33.9 Å². The van der Waals surface area contributed by atoms with Crippen molar-refractivity contribution in [1.29, 1.82) is 0 Å². The van der Waals surface area contributed by atoms with Gasteiger partial charge in [0.05, 0.1) is 4.47 Å². The predicted octanol–water partition coefficient (Wildman–Crippen LogP) is 1.67. The van der Waals surface area contributed by atoms with Gasteiger partial charge in [-0.25, -0.2) is 4.79 Å². The molecule has 1 aromatic rings. The summed E-state index contributed by atoms with van der Waals surface area (Å²) in [6.45, 7) is -0.132. The monoisotopic (exact) mass is 313 g/mol. The van der Waals surface area contributed by atoms with Crippen LogP contribution < -0.4 is 10.1 Å². The SMILES string of the molecule is CNC(=O)COc1c(Br)cccc1C=CC(=O)O. The molecule has 0 aromatic heterocycles. The Hall–Kier alpha value is -1.82. The van der Waals surface area contributed by atoms with E-state index >= 15 is 0 Å². The zero-order valence-corrected chi connectivity index (χ0v) is 11.2. The Morgan fingerprint density at radius 2 is 2.22 bits per heavy atom. The number of carbonyl (C=O) groups is 2. The van der Waals surface area contributed by atoms with Crippen molar-refractivity contribution in [3.8, 4) is 5.75 Å². The minimum Gasteiger partial charge on any atom is -0.482 e. The van der Waals surface area contributed by atoms with Gasteiger partial charge in [-0.2, -0.15) is 0 Å². The molecule has 6 heteroatoms. The van der Waals surface area contributed by atoms with Gasteiger partial charge in [0.1, 0.15) is 5.75 Å². The molecule has 0 saturated heterocycles. The van der Waals surface area contributed by atoms with E-state index in [0.717, 1.165) is 6.08 Å². The quantitative estimate of drug-likeness (QED) is 0.811. The second-order valence-corrected chi connectivity index (χ2v) is 4.15. The average molecular weight is 314 g/mol. The molecule has 96 valence electrons. The van der Waals surface area contributed by atoms with Gasteiger partial charge in [0.25, 0.3) is 5.91 Å². The van der Waals surface area contributed by atoms with Gasteiger partial charge in [-0.1, -0.05) is 12.1 Å². The van der Waals surface area contributed by atoms with Crippen molar-refractivity contribution in [2.45, 2.75) is 0 Å². The summed E-state index contributed by atoms with van der Waals surface area (Å²) in [7, 11) is 1.51. The highest BCUT2D eigenvalue weighted by Gasteiger charge is 2.08. The Bertz CT molecular complexity index is 485. The van der Waals surface area contributed by atoms with Gasteiger partial charge in [0.2, 0.25) is 0 Å². The number of ether oxygens (including phenoxy) is 1. The fourth-order valence-electron chi connectivity index (χ4n) is 1.18. The molecule has 1 amide bonds. The van der Waals surface area contributed by atoms with E-state index in [4.69, 9.17) is 9.84 Å². The number of carboxylic acid groups (broad SMARTS) is 1. The third-order valence-electron chi connectivity index (χ3n) is 2.03. The number of para-hydroxylation sites is 1. The average Bonchev–Trinajstić information content (AvgIpc) is 2.34. The number of rotatable bonds is 5. The van der Waals surface area contributed by atoms with Crippen LogP contribution in [0.2, 0.25) is 0 Å². The van der Waals surface area contributed by atoms with Crippen LogP contribution in [0.4, 0.5) is 0 Å². The maximum atomic E-state index is 11.1. The van der Waals surface area contributed by atoms with Crippen LogP contribution in [0.15, 0.2) is 28.7 Å². The molecule has 1 aromatic carbocycles. The molecular formula is C12H12BrNO4. The second kappa shape index (κ2) is 6.80. The number of aliphatic carboxylic acids is 1.